The van der Waals surface area contributed by atoms with Crippen molar-refractivity contribution in [1.29, 1.82) is 5.26 Å². The molecular weight excluding hydrogens is 216 g/mol. The molecule has 90 valence electrons. The van der Waals surface area contributed by atoms with Gasteiger partial charge in [-0.2, -0.15) is 5.26 Å². The molecule has 1 aromatic rings. The van der Waals surface area contributed by atoms with Gasteiger partial charge >= 0.3 is 0 Å². The van der Waals surface area contributed by atoms with Gasteiger partial charge < -0.3 is 10.0 Å². The van der Waals surface area contributed by atoms with Crippen molar-refractivity contribution in [3.63, 3.8) is 0 Å². The molecule has 0 aliphatic rings. The molecule has 17 heavy (non-hydrogen) atoms. The van der Waals surface area contributed by atoms with E-state index in [0.717, 1.165) is 18.7 Å². The molecule has 0 fully saturated rings. The molecule has 1 aromatic carbocycles. The zero-order chi connectivity index (χ0) is 12.5. The summed E-state index contributed by atoms with van der Waals surface area (Å²) in [6, 6.07) is 7.43. The molecule has 0 amide bonds. The van der Waals surface area contributed by atoms with Gasteiger partial charge in [0.05, 0.1) is 12.3 Å². The van der Waals surface area contributed by atoms with Crippen LogP contribution >= 0.6 is 0 Å². The fraction of sp³-hybridized carbons (Fsp3) is 0.417. The monoisotopic (exact) mass is 232 g/mol. The third-order valence-electron chi connectivity index (χ3n) is 2.29. The van der Waals surface area contributed by atoms with Crippen LogP contribution in [0.5, 0.6) is 0 Å². The summed E-state index contributed by atoms with van der Waals surface area (Å²) in [5.41, 5.74) is 1.69. The lowest BCUT2D eigenvalue weighted by atomic mass is 10.2. The first-order valence-electron chi connectivity index (χ1n) is 5.57. The van der Waals surface area contributed by atoms with E-state index >= 15 is 0 Å². The van der Waals surface area contributed by atoms with Gasteiger partial charge in [-0.05, 0) is 30.7 Å². The number of rotatable bonds is 6. The first kappa shape index (κ1) is 13.1. The molecule has 1 N–H and O–H groups in total. The third-order valence-corrected chi connectivity index (χ3v) is 2.29. The Bertz CT molecular complexity index is 388. The first-order valence-corrected chi connectivity index (χ1v) is 5.57. The van der Waals surface area contributed by atoms with Crippen molar-refractivity contribution in [2.24, 2.45) is 10.2 Å². The van der Waals surface area contributed by atoms with Crippen LogP contribution < -0.4 is 4.90 Å². The molecule has 0 heterocycles. The Hall–Kier alpha value is -1.93. The molecule has 5 heteroatoms. The average Bonchev–Trinajstić information content (AvgIpc) is 2.37. The van der Waals surface area contributed by atoms with Crippen LogP contribution in [0.2, 0.25) is 0 Å². The van der Waals surface area contributed by atoms with E-state index < -0.39 is 0 Å². The minimum atomic E-state index is 0.135. The molecule has 0 aliphatic carbocycles. The second-order valence-electron chi connectivity index (χ2n) is 3.53. The summed E-state index contributed by atoms with van der Waals surface area (Å²) >= 11 is 0. The standard InChI is InChI=1S/C12H16N4O/c1-2-7-16(8-9-17)12-5-3-11(4-6-12)15-14-10-13/h3-6,17H,2,7-9H2,1H3. The second kappa shape index (κ2) is 7.36. The third kappa shape index (κ3) is 4.21. The lowest BCUT2D eigenvalue weighted by Gasteiger charge is -2.23. The van der Waals surface area contributed by atoms with Gasteiger partial charge in [-0.3, -0.25) is 0 Å². The van der Waals surface area contributed by atoms with E-state index in [1.807, 2.05) is 12.1 Å². The highest BCUT2D eigenvalue weighted by Gasteiger charge is 2.04. The molecule has 0 aliphatic heterocycles. The first-order chi connectivity index (χ1) is 8.31. The summed E-state index contributed by atoms with van der Waals surface area (Å²) in [4.78, 5) is 2.10. The Morgan fingerprint density at radius 1 is 1.29 bits per heavy atom. The van der Waals surface area contributed by atoms with Gasteiger partial charge in [0, 0.05) is 18.8 Å². The number of azo groups is 1. The van der Waals surface area contributed by atoms with Crippen LogP contribution in [0.15, 0.2) is 34.5 Å². The van der Waals surface area contributed by atoms with E-state index in [9.17, 15) is 0 Å². The Morgan fingerprint density at radius 2 is 2.00 bits per heavy atom. The van der Waals surface area contributed by atoms with Crippen LogP contribution in [-0.2, 0) is 0 Å². The predicted octanol–water partition coefficient (Wildman–Crippen LogP) is 2.46. The van der Waals surface area contributed by atoms with Crippen LogP contribution in [0.3, 0.4) is 0 Å². The normalized spacial score (nSPS) is 10.4. The summed E-state index contributed by atoms with van der Waals surface area (Å²) in [5, 5.41) is 24.2. The zero-order valence-electron chi connectivity index (χ0n) is 9.87. The number of nitriles is 1. The lowest BCUT2D eigenvalue weighted by Crippen LogP contribution is -2.27. The minimum Gasteiger partial charge on any atom is -0.395 e. The highest BCUT2D eigenvalue weighted by atomic mass is 16.3. The number of aliphatic hydroxyl groups is 1. The summed E-state index contributed by atoms with van der Waals surface area (Å²) in [7, 11) is 0. The molecule has 0 saturated heterocycles. The zero-order valence-corrected chi connectivity index (χ0v) is 9.87. The van der Waals surface area contributed by atoms with Gasteiger partial charge in [-0.15, -0.1) is 5.11 Å². The number of anilines is 1. The van der Waals surface area contributed by atoms with Crippen LogP contribution in [0, 0.1) is 11.5 Å². The van der Waals surface area contributed by atoms with Crippen molar-refractivity contribution in [3.8, 4) is 6.19 Å². The van der Waals surface area contributed by atoms with Gasteiger partial charge in [0.2, 0.25) is 6.19 Å². The fourth-order valence-corrected chi connectivity index (χ4v) is 1.57. The molecular formula is C12H16N4O. The number of aliphatic hydroxyl groups excluding tert-OH is 1. The Morgan fingerprint density at radius 3 is 2.53 bits per heavy atom. The highest BCUT2D eigenvalue weighted by molar-refractivity contribution is 5.52. The molecule has 0 unspecified atom stereocenters. The van der Waals surface area contributed by atoms with Crippen molar-refractivity contribution >= 4 is 11.4 Å². The Balaban J connectivity index is 2.77. The summed E-state index contributed by atoms with van der Waals surface area (Å²) in [6.45, 7) is 3.75. The van der Waals surface area contributed by atoms with E-state index in [4.69, 9.17) is 10.4 Å². The Labute approximate surface area is 101 Å². The minimum absolute atomic E-state index is 0.135. The van der Waals surface area contributed by atoms with E-state index in [1.54, 1.807) is 18.3 Å². The van der Waals surface area contributed by atoms with E-state index in [1.165, 1.54) is 0 Å². The van der Waals surface area contributed by atoms with Crippen LogP contribution in [0.1, 0.15) is 13.3 Å². The number of hydrogen-bond donors (Lipinski definition) is 1. The van der Waals surface area contributed by atoms with Crippen LogP contribution in [0.4, 0.5) is 11.4 Å². The maximum Gasteiger partial charge on any atom is 0.226 e. The molecule has 5 nitrogen and oxygen atoms in total. The number of hydrogen-bond acceptors (Lipinski definition) is 5. The molecule has 0 spiro atoms. The van der Waals surface area contributed by atoms with Crippen molar-refractivity contribution in [1.82, 2.24) is 0 Å². The van der Waals surface area contributed by atoms with Crippen LogP contribution in [-0.4, -0.2) is 24.8 Å². The SMILES string of the molecule is CCCN(CCO)c1ccc(N=NC#N)cc1. The van der Waals surface area contributed by atoms with Crippen molar-refractivity contribution in [2.45, 2.75) is 13.3 Å². The fourth-order valence-electron chi connectivity index (χ4n) is 1.57. The molecule has 0 bridgehead atoms. The van der Waals surface area contributed by atoms with E-state index in [2.05, 4.69) is 22.1 Å². The number of nitrogens with zero attached hydrogens (tertiary/aromatic N) is 4. The summed E-state index contributed by atoms with van der Waals surface area (Å²) < 4.78 is 0. The van der Waals surface area contributed by atoms with E-state index in [-0.39, 0.29) is 6.61 Å². The van der Waals surface area contributed by atoms with Gasteiger partial charge in [-0.1, -0.05) is 12.0 Å². The average molecular weight is 232 g/mol. The highest BCUT2D eigenvalue weighted by Crippen LogP contribution is 2.20. The van der Waals surface area contributed by atoms with Gasteiger partial charge in [0.15, 0.2) is 0 Å². The second-order valence-corrected chi connectivity index (χ2v) is 3.53. The van der Waals surface area contributed by atoms with Gasteiger partial charge in [0.1, 0.15) is 0 Å². The smallest absolute Gasteiger partial charge is 0.226 e. The quantitative estimate of drug-likeness (QED) is 0.605. The maximum absolute atomic E-state index is 8.98. The van der Waals surface area contributed by atoms with Gasteiger partial charge in [0.25, 0.3) is 0 Å². The topological polar surface area (TPSA) is 72.0 Å². The van der Waals surface area contributed by atoms with E-state index in [0.29, 0.717) is 12.2 Å². The molecule has 0 aromatic heterocycles. The van der Waals surface area contributed by atoms with Crippen molar-refractivity contribution in [3.05, 3.63) is 24.3 Å². The molecule has 0 radical (unpaired) electrons. The number of benzene rings is 1. The molecule has 0 atom stereocenters. The Kier molecular flexibility index (Phi) is 5.69. The lowest BCUT2D eigenvalue weighted by molar-refractivity contribution is 0.302. The summed E-state index contributed by atoms with van der Waals surface area (Å²) in [6.07, 6.45) is 2.63. The van der Waals surface area contributed by atoms with Crippen LogP contribution in [0.25, 0.3) is 0 Å². The summed E-state index contributed by atoms with van der Waals surface area (Å²) in [5.74, 6) is 0. The van der Waals surface area contributed by atoms with Gasteiger partial charge in [-0.25, -0.2) is 0 Å². The predicted molar refractivity (Wildman–Crippen MR) is 66.2 cm³/mol. The van der Waals surface area contributed by atoms with Crippen molar-refractivity contribution < 1.29 is 5.11 Å². The molecule has 1 rings (SSSR count). The molecule has 0 saturated carbocycles. The largest absolute Gasteiger partial charge is 0.395 e. The van der Waals surface area contributed by atoms with Crippen molar-refractivity contribution in [2.75, 3.05) is 24.6 Å². The maximum atomic E-state index is 8.98.